The van der Waals surface area contributed by atoms with Crippen molar-refractivity contribution in [1.82, 2.24) is 14.9 Å². The smallest absolute Gasteiger partial charge is 0.172 e. The summed E-state index contributed by atoms with van der Waals surface area (Å²) in [6, 6.07) is 12.0. The van der Waals surface area contributed by atoms with E-state index in [9.17, 15) is 4.79 Å². The van der Waals surface area contributed by atoms with Gasteiger partial charge in [-0.05, 0) is 29.7 Å². The molecule has 0 N–H and O–H groups in total. The molecule has 0 amide bonds. The zero-order chi connectivity index (χ0) is 19.2. The standard InChI is InChI=1S/C21H23N3O2S2/c25-18(19-8-4-13-27-19)7-3-14-28-21-16-5-1-2-6-17(16)22-20(23-21)15-24-9-11-26-12-10-24/h1-2,4-6,8,13H,3,7,9-12,14-15H2. The van der Waals surface area contributed by atoms with Crippen molar-refractivity contribution in [3.8, 4) is 0 Å². The van der Waals surface area contributed by atoms with Crippen LogP contribution in [0.5, 0.6) is 0 Å². The molecule has 28 heavy (non-hydrogen) atoms. The molecular weight excluding hydrogens is 390 g/mol. The minimum absolute atomic E-state index is 0.233. The third-order valence-electron chi connectivity index (χ3n) is 4.67. The van der Waals surface area contributed by atoms with Crippen molar-refractivity contribution in [2.24, 2.45) is 0 Å². The molecule has 1 saturated heterocycles. The third-order valence-corrected chi connectivity index (χ3v) is 6.65. The number of ketones is 1. The number of ether oxygens (including phenoxy) is 1. The molecule has 146 valence electrons. The van der Waals surface area contributed by atoms with E-state index in [1.54, 1.807) is 11.8 Å². The van der Waals surface area contributed by atoms with E-state index in [1.807, 2.05) is 35.7 Å². The summed E-state index contributed by atoms with van der Waals surface area (Å²) in [6.07, 6.45) is 1.43. The summed E-state index contributed by atoms with van der Waals surface area (Å²) >= 11 is 3.24. The van der Waals surface area contributed by atoms with Crippen LogP contribution in [0.1, 0.15) is 28.3 Å². The van der Waals surface area contributed by atoms with E-state index in [-0.39, 0.29) is 5.78 Å². The summed E-state index contributed by atoms with van der Waals surface area (Å²) in [5, 5.41) is 4.05. The number of hydrogen-bond acceptors (Lipinski definition) is 7. The normalized spacial score (nSPS) is 15.1. The van der Waals surface area contributed by atoms with Gasteiger partial charge in [0, 0.05) is 24.9 Å². The molecular formula is C21H23N3O2S2. The number of thioether (sulfide) groups is 1. The fourth-order valence-corrected chi connectivity index (χ4v) is 4.87. The lowest BCUT2D eigenvalue weighted by Crippen LogP contribution is -2.36. The summed E-state index contributed by atoms with van der Waals surface area (Å²) in [4.78, 5) is 25.0. The van der Waals surface area contributed by atoms with Gasteiger partial charge >= 0.3 is 0 Å². The lowest BCUT2D eigenvalue weighted by Gasteiger charge is -2.25. The van der Waals surface area contributed by atoms with Gasteiger partial charge in [0.05, 0.1) is 30.2 Å². The number of benzene rings is 1. The van der Waals surface area contributed by atoms with Gasteiger partial charge < -0.3 is 4.74 Å². The number of rotatable bonds is 8. The summed E-state index contributed by atoms with van der Waals surface area (Å²) in [7, 11) is 0. The van der Waals surface area contributed by atoms with Crippen LogP contribution in [0.25, 0.3) is 10.9 Å². The number of hydrogen-bond donors (Lipinski definition) is 0. The Labute approximate surface area is 173 Å². The van der Waals surface area contributed by atoms with Crippen molar-refractivity contribution in [3.05, 3.63) is 52.5 Å². The molecule has 1 fully saturated rings. The monoisotopic (exact) mass is 413 g/mol. The molecule has 2 aromatic heterocycles. The van der Waals surface area contributed by atoms with E-state index in [1.165, 1.54) is 11.3 Å². The molecule has 4 rings (SSSR count). The molecule has 0 spiro atoms. The number of carbonyl (C=O) groups excluding carboxylic acids is 1. The number of thiophene rings is 1. The van der Waals surface area contributed by atoms with Gasteiger partial charge in [0.2, 0.25) is 0 Å². The van der Waals surface area contributed by atoms with Crippen LogP contribution in [0.4, 0.5) is 0 Å². The minimum Gasteiger partial charge on any atom is -0.379 e. The summed E-state index contributed by atoms with van der Waals surface area (Å²) in [5.74, 6) is 1.96. The van der Waals surface area contributed by atoms with E-state index in [0.717, 1.165) is 71.7 Å². The molecule has 0 saturated carbocycles. The number of carbonyl (C=O) groups is 1. The first-order valence-corrected chi connectivity index (χ1v) is 11.4. The van der Waals surface area contributed by atoms with E-state index in [4.69, 9.17) is 14.7 Å². The highest BCUT2D eigenvalue weighted by atomic mass is 32.2. The van der Waals surface area contributed by atoms with E-state index in [0.29, 0.717) is 6.42 Å². The Morgan fingerprint density at radius 1 is 1.14 bits per heavy atom. The molecule has 0 atom stereocenters. The van der Waals surface area contributed by atoms with Crippen molar-refractivity contribution in [2.45, 2.75) is 24.4 Å². The number of morpholine rings is 1. The Kier molecular flexibility index (Phi) is 6.69. The van der Waals surface area contributed by atoms with Crippen molar-refractivity contribution >= 4 is 39.8 Å². The fourth-order valence-electron chi connectivity index (χ4n) is 3.20. The van der Waals surface area contributed by atoms with Gasteiger partial charge in [-0.3, -0.25) is 9.69 Å². The number of fused-ring (bicyclic) bond motifs is 1. The van der Waals surface area contributed by atoms with Crippen LogP contribution >= 0.6 is 23.1 Å². The molecule has 3 aromatic rings. The van der Waals surface area contributed by atoms with Crippen LogP contribution in [0.3, 0.4) is 0 Å². The predicted octanol–water partition coefficient (Wildman–Crippen LogP) is 4.28. The summed E-state index contributed by atoms with van der Waals surface area (Å²) < 4.78 is 5.43. The number of aromatic nitrogens is 2. The highest BCUT2D eigenvalue weighted by Gasteiger charge is 2.15. The highest BCUT2D eigenvalue weighted by molar-refractivity contribution is 7.99. The van der Waals surface area contributed by atoms with Crippen LogP contribution in [0.15, 0.2) is 46.8 Å². The molecule has 0 radical (unpaired) electrons. The first-order valence-electron chi connectivity index (χ1n) is 9.55. The average molecular weight is 414 g/mol. The van der Waals surface area contributed by atoms with Crippen molar-refractivity contribution in [1.29, 1.82) is 0 Å². The average Bonchev–Trinajstić information content (AvgIpc) is 3.27. The van der Waals surface area contributed by atoms with Crippen LogP contribution in [-0.4, -0.2) is 52.7 Å². The second-order valence-corrected chi connectivity index (χ2v) is 8.73. The van der Waals surface area contributed by atoms with Gasteiger partial charge in [0.1, 0.15) is 10.9 Å². The Balaban J connectivity index is 1.42. The molecule has 3 heterocycles. The summed E-state index contributed by atoms with van der Waals surface area (Å²) in [5.41, 5.74) is 0.984. The Morgan fingerprint density at radius 2 is 2.00 bits per heavy atom. The number of Topliss-reactive ketones (excluding diaryl/α,β-unsaturated/α-hetero) is 1. The fraction of sp³-hybridized carbons (Fsp3) is 0.381. The highest BCUT2D eigenvalue weighted by Crippen LogP contribution is 2.27. The first kappa shape index (κ1) is 19.5. The quantitative estimate of drug-likeness (QED) is 0.238. The molecule has 1 aromatic carbocycles. The summed E-state index contributed by atoms with van der Waals surface area (Å²) in [6.45, 7) is 4.13. The molecule has 0 unspecified atom stereocenters. The van der Waals surface area contributed by atoms with Crippen LogP contribution in [0, 0.1) is 0 Å². The molecule has 1 aliphatic rings. The largest absolute Gasteiger partial charge is 0.379 e. The van der Waals surface area contributed by atoms with Crippen molar-refractivity contribution in [3.63, 3.8) is 0 Å². The van der Waals surface area contributed by atoms with Crippen LogP contribution in [-0.2, 0) is 11.3 Å². The maximum absolute atomic E-state index is 12.2. The third kappa shape index (κ3) is 4.97. The zero-order valence-electron chi connectivity index (χ0n) is 15.7. The number of para-hydroxylation sites is 1. The van der Waals surface area contributed by atoms with Gasteiger partial charge in [-0.15, -0.1) is 23.1 Å². The van der Waals surface area contributed by atoms with Gasteiger partial charge in [0.25, 0.3) is 0 Å². The Morgan fingerprint density at radius 3 is 2.82 bits per heavy atom. The maximum Gasteiger partial charge on any atom is 0.172 e. The SMILES string of the molecule is O=C(CCCSc1nc(CN2CCOCC2)nc2ccccc12)c1cccs1. The topological polar surface area (TPSA) is 55.3 Å². The van der Waals surface area contributed by atoms with Gasteiger partial charge in [-0.1, -0.05) is 24.3 Å². The molecule has 0 bridgehead atoms. The lowest BCUT2D eigenvalue weighted by molar-refractivity contribution is 0.0330. The maximum atomic E-state index is 12.2. The second kappa shape index (κ2) is 9.60. The first-order chi connectivity index (χ1) is 13.8. The van der Waals surface area contributed by atoms with Crippen LogP contribution in [0.2, 0.25) is 0 Å². The van der Waals surface area contributed by atoms with E-state index in [2.05, 4.69) is 11.0 Å². The van der Waals surface area contributed by atoms with Crippen LogP contribution < -0.4 is 0 Å². The van der Waals surface area contributed by atoms with Gasteiger partial charge in [-0.2, -0.15) is 0 Å². The van der Waals surface area contributed by atoms with Crippen molar-refractivity contribution < 1.29 is 9.53 Å². The Hall–Kier alpha value is -1.80. The zero-order valence-corrected chi connectivity index (χ0v) is 17.3. The molecule has 1 aliphatic heterocycles. The predicted molar refractivity (Wildman–Crippen MR) is 114 cm³/mol. The second-order valence-electron chi connectivity index (χ2n) is 6.70. The number of nitrogens with zero attached hydrogens (tertiary/aromatic N) is 3. The molecule has 7 heteroatoms. The van der Waals surface area contributed by atoms with Gasteiger partial charge in [0.15, 0.2) is 5.78 Å². The molecule has 5 nitrogen and oxygen atoms in total. The lowest BCUT2D eigenvalue weighted by atomic mass is 10.2. The Bertz CT molecular complexity index is 925. The minimum atomic E-state index is 0.233. The van der Waals surface area contributed by atoms with E-state index < -0.39 is 0 Å². The molecule has 0 aliphatic carbocycles. The van der Waals surface area contributed by atoms with Gasteiger partial charge in [-0.25, -0.2) is 9.97 Å². The van der Waals surface area contributed by atoms with E-state index >= 15 is 0 Å². The van der Waals surface area contributed by atoms with Crippen molar-refractivity contribution in [2.75, 3.05) is 32.1 Å².